The van der Waals surface area contributed by atoms with Crippen LogP contribution in [0.1, 0.15) is 31.7 Å². The number of halogens is 1. The number of imide groups is 1. The summed E-state index contributed by atoms with van der Waals surface area (Å²) >= 11 is 1.13. The van der Waals surface area contributed by atoms with Crippen molar-refractivity contribution < 1.29 is 18.8 Å². The Balaban J connectivity index is 1.55. The minimum absolute atomic E-state index is 0.0250. The highest BCUT2D eigenvalue weighted by Crippen LogP contribution is 2.30. The molecule has 0 bridgehead atoms. The number of thioether (sulfide) groups is 1. The van der Waals surface area contributed by atoms with E-state index in [1.165, 1.54) is 29.8 Å². The summed E-state index contributed by atoms with van der Waals surface area (Å²) in [6, 6.07) is 12.8. The molecule has 1 atom stereocenters. The van der Waals surface area contributed by atoms with Crippen LogP contribution in [0.25, 0.3) is 0 Å². The van der Waals surface area contributed by atoms with Crippen LogP contribution in [-0.4, -0.2) is 28.7 Å². The molecule has 0 spiro atoms. The predicted molar refractivity (Wildman–Crippen MR) is 109 cm³/mol. The van der Waals surface area contributed by atoms with Gasteiger partial charge in [0.05, 0.1) is 16.7 Å². The summed E-state index contributed by atoms with van der Waals surface area (Å²) in [5.74, 6) is -0.924. The highest BCUT2D eigenvalue weighted by molar-refractivity contribution is 8.01. The monoisotopic (exact) mass is 400 g/mol. The van der Waals surface area contributed by atoms with Gasteiger partial charge in [-0.25, -0.2) is 9.29 Å². The predicted octanol–water partition coefficient (Wildman–Crippen LogP) is 3.95. The number of nitrogens with zero attached hydrogens (tertiary/aromatic N) is 1. The standard InChI is InChI=1S/C21H21FN2O3S/c1-13(2)14-3-7-16(8-4-14)23-19(25)12-28-18-11-20(26)24(21(18)27)17-9-5-15(22)6-10-17/h3-10,13,18H,11-12H2,1-2H3,(H,23,25)/t18-/m0/s1. The Hall–Kier alpha value is -2.67. The van der Waals surface area contributed by atoms with Gasteiger partial charge in [-0.15, -0.1) is 11.8 Å². The molecule has 2 aromatic carbocycles. The lowest BCUT2D eigenvalue weighted by atomic mass is 10.0. The molecule has 1 heterocycles. The van der Waals surface area contributed by atoms with E-state index in [0.29, 0.717) is 17.3 Å². The van der Waals surface area contributed by atoms with Gasteiger partial charge in [-0.3, -0.25) is 14.4 Å². The molecule has 0 radical (unpaired) electrons. The maximum Gasteiger partial charge on any atom is 0.247 e. The minimum Gasteiger partial charge on any atom is -0.325 e. The summed E-state index contributed by atoms with van der Waals surface area (Å²) in [4.78, 5) is 38.0. The second-order valence-electron chi connectivity index (χ2n) is 6.87. The molecule has 3 rings (SSSR count). The SMILES string of the molecule is CC(C)c1ccc(NC(=O)CS[C@H]2CC(=O)N(c3ccc(F)cc3)C2=O)cc1. The van der Waals surface area contributed by atoms with E-state index in [2.05, 4.69) is 19.2 Å². The van der Waals surface area contributed by atoms with Crippen LogP contribution in [-0.2, 0) is 14.4 Å². The lowest BCUT2D eigenvalue weighted by molar-refractivity contribution is -0.121. The van der Waals surface area contributed by atoms with E-state index in [1.807, 2.05) is 24.3 Å². The van der Waals surface area contributed by atoms with E-state index < -0.39 is 11.1 Å². The van der Waals surface area contributed by atoms with Gasteiger partial charge in [0.1, 0.15) is 5.82 Å². The molecule has 0 aromatic heterocycles. The van der Waals surface area contributed by atoms with Crippen molar-refractivity contribution in [2.45, 2.75) is 31.4 Å². The molecule has 1 N–H and O–H groups in total. The van der Waals surface area contributed by atoms with Gasteiger partial charge in [-0.2, -0.15) is 0 Å². The average Bonchev–Trinajstić information content (AvgIpc) is 2.95. The zero-order valence-electron chi connectivity index (χ0n) is 15.6. The molecule has 146 valence electrons. The Morgan fingerprint density at radius 3 is 2.39 bits per heavy atom. The highest BCUT2D eigenvalue weighted by Gasteiger charge is 2.40. The van der Waals surface area contributed by atoms with Gasteiger partial charge in [-0.1, -0.05) is 26.0 Å². The van der Waals surface area contributed by atoms with Crippen molar-refractivity contribution in [1.82, 2.24) is 0 Å². The van der Waals surface area contributed by atoms with E-state index in [0.717, 1.165) is 16.7 Å². The van der Waals surface area contributed by atoms with Crippen molar-refractivity contribution in [1.29, 1.82) is 0 Å². The molecule has 1 fully saturated rings. The number of hydrogen-bond acceptors (Lipinski definition) is 4. The second-order valence-corrected chi connectivity index (χ2v) is 8.06. The van der Waals surface area contributed by atoms with Gasteiger partial charge in [0, 0.05) is 12.1 Å². The normalized spacial score (nSPS) is 16.7. The summed E-state index contributed by atoms with van der Waals surface area (Å²) in [7, 11) is 0. The zero-order valence-corrected chi connectivity index (χ0v) is 16.5. The Kier molecular flexibility index (Phi) is 6.14. The number of benzene rings is 2. The van der Waals surface area contributed by atoms with Crippen LogP contribution in [0.15, 0.2) is 48.5 Å². The first-order chi connectivity index (χ1) is 13.3. The average molecular weight is 400 g/mol. The molecular weight excluding hydrogens is 379 g/mol. The fourth-order valence-electron chi connectivity index (χ4n) is 2.92. The minimum atomic E-state index is -0.619. The van der Waals surface area contributed by atoms with Crippen molar-refractivity contribution in [3.05, 3.63) is 59.9 Å². The van der Waals surface area contributed by atoms with Crippen LogP contribution in [0.3, 0.4) is 0 Å². The summed E-state index contributed by atoms with van der Waals surface area (Å²) < 4.78 is 13.1. The van der Waals surface area contributed by atoms with Gasteiger partial charge in [0.15, 0.2) is 0 Å². The molecule has 1 saturated heterocycles. The second kappa shape index (κ2) is 8.56. The van der Waals surface area contributed by atoms with E-state index in [1.54, 1.807) is 0 Å². The van der Waals surface area contributed by atoms with Crippen molar-refractivity contribution in [2.75, 3.05) is 16.0 Å². The smallest absolute Gasteiger partial charge is 0.247 e. The molecule has 3 amide bonds. The number of amides is 3. The molecule has 1 aliphatic rings. The third kappa shape index (κ3) is 4.59. The molecule has 0 aliphatic carbocycles. The molecule has 7 heteroatoms. The topological polar surface area (TPSA) is 66.5 Å². The van der Waals surface area contributed by atoms with Crippen LogP contribution < -0.4 is 10.2 Å². The molecule has 0 unspecified atom stereocenters. The van der Waals surface area contributed by atoms with Crippen LogP contribution in [0.4, 0.5) is 15.8 Å². The van der Waals surface area contributed by atoms with Crippen LogP contribution in [0.5, 0.6) is 0 Å². The quantitative estimate of drug-likeness (QED) is 0.746. The van der Waals surface area contributed by atoms with E-state index in [-0.39, 0.29) is 29.9 Å². The maximum atomic E-state index is 13.1. The van der Waals surface area contributed by atoms with Crippen molar-refractivity contribution in [3.63, 3.8) is 0 Å². The Morgan fingerprint density at radius 2 is 1.79 bits per heavy atom. The number of rotatable bonds is 6. The number of carbonyl (C=O) groups is 3. The largest absolute Gasteiger partial charge is 0.325 e. The third-order valence-electron chi connectivity index (χ3n) is 4.47. The van der Waals surface area contributed by atoms with Gasteiger partial charge < -0.3 is 5.32 Å². The molecule has 2 aromatic rings. The molecular formula is C21H21FN2O3S. The Labute approximate surface area is 167 Å². The van der Waals surface area contributed by atoms with Gasteiger partial charge in [0.25, 0.3) is 0 Å². The van der Waals surface area contributed by atoms with Crippen molar-refractivity contribution in [2.24, 2.45) is 0 Å². The highest BCUT2D eigenvalue weighted by atomic mass is 32.2. The van der Waals surface area contributed by atoms with Gasteiger partial charge >= 0.3 is 0 Å². The molecule has 1 aliphatic heterocycles. The van der Waals surface area contributed by atoms with Crippen molar-refractivity contribution in [3.8, 4) is 0 Å². The van der Waals surface area contributed by atoms with Gasteiger partial charge in [-0.05, 0) is 47.9 Å². The number of nitrogens with one attached hydrogen (secondary N) is 1. The maximum absolute atomic E-state index is 13.1. The van der Waals surface area contributed by atoms with Crippen LogP contribution in [0.2, 0.25) is 0 Å². The lowest BCUT2D eigenvalue weighted by Gasteiger charge is -2.14. The zero-order chi connectivity index (χ0) is 20.3. The first-order valence-electron chi connectivity index (χ1n) is 8.99. The van der Waals surface area contributed by atoms with Gasteiger partial charge in [0.2, 0.25) is 17.7 Å². The first-order valence-corrected chi connectivity index (χ1v) is 10.0. The molecule has 5 nitrogen and oxygen atoms in total. The fourth-order valence-corrected chi connectivity index (χ4v) is 3.85. The summed E-state index contributed by atoms with van der Waals surface area (Å²) in [6.07, 6.45) is 0.0250. The Bertz CT molecular complexity index is 882. The number of carbonyl (C=O) groups excluding carboxylic acids is 3. The number of hydrogen-bond donors (Lipinski definition) is 1. The molecule has 28 heavy (non-hydrogen) atoms. The van der Waals surface area contributed by atoms with Crippen molar-refractivity contribution >= 4 is 40.9 Å². The lowest BCUT2D eigenvalue weighted by Crippen LogP contribution is -2.31. The summed E-state index contributed by atoms with van der Waals surface area (Å²) in [5, 5.41) is 2.18. The molecule has 0 saturated carbocycles. The van der Waals surface area contributed by atoms with Crippen LogP contribution >= 0.6 is 11.8 Å². The van der Waals surface area contributed by atoms with Crippen LogP contribution in [0, 0.1) is 5.82 Å². The fraction of sp³-hybridized carbons (Fsp3) is 0.286. The Morgan fingerprint density at radius 1 is 1.14 bits per heavy atom. The summed E-state index contributed by atoms with van der Waals surface area (Å²) in [5.41, 5.74) is 2.22. The summed E-state index contributed by atoms with van der Waals surface area (Å²) in [6.45, 7) is 4.19. The van der Waals surface area contributed by atoms with E-state index in [9.17, 15) is 18.8 Å². The number of anilines is 2. The third-order valence-corrected chi connectivity index (χ3v) is 5.67. The van der Waals surface area contributed by atoms with E-state index in [4.69, 9.17) is 0 Å². The van der Waals surface area contributed by atoms with E-state index >= 15 is 0 Å². The first kappa shape index (κ1) is 20.1.